The molecule has 1 spiro atoms. The average molecular weight is 519 g/mol. The van der Waals surface area contributed by atoms with Crippen LogP contribution in [-0.2, 0) is 0 Å². The molecular weight excluding hydrogens is 490 g/mol. The number of aromatic amines is 1. The molecule has 2 N–H and O–H groups in total. The normalized spacial score (nSPS) is 26.3. The van der Waals surface area contributed by atoms with Crippen LogP contribution in [0.3, 0.4) is 0 Å². The Morgan fingerprint density at radius 3 is 2.55 bits per heavy atom. The Labute approximate surface area is 217 Å². The zero-order chi connectivity index (χ0) is 26.1. The van der Waals surface area contributed by atoms with Crippen LogP contribution in [0.5, 0.6) is 0 Å². The first-order valence-electron chi connectivity index (χ1n) is 13.2. The first-order valence-corrected chi connectivity index (χ1v) is 13.2. The van der Waals surface area contributed by atoms with E-state index in [4.69, 9.17) is 0 Å². The maximum atomic E-state index is 13.5. The highest BCUT2D eigenvalue weighted by atomic mass is 19.3. The molecule has 2 saturated carbocycles. The number of halogens is 2. The SMILES string of the molecule is O=C(NC1CC2(C1)CC(c1n[nH]c(=O)c3ccccc13)C2)c1cnc2cc(N3CCC(F)(F)CC3)ccn12. The molecule has 1 aliphatic heterocycles. The van der Waals surface area contributed by atoms with Crippen molar-refractivity contribution in [2.45, 2.75) is 56.4 Å². The van der Waals surface area contributed by atoms with Crippen molar-refractivity contribution in [1.29, 1.82) is 0 Å². The number of anilines is 1. The number of benzene rings is 1. The summed E-state index contributed by atoms with van der Waals surface area (Å²) in [5, 5.41) is 11.8. The van der Waals surface area contributed by atoms with Crippen LogP contribution in [0.2, 0.25) is 0 Å². The topological polar surface area (TPSA) is 95.4 Å². The summed E-state index contributed by atoms with van der Waals surface area (Å²) >= 11 is 0. The van der Waals surface area contributed by atoms with Crippen LogP contribution >= 0.6 is 0 Å². The number of hydrogen-bond donors (Lipinski definition) is 2. The summed E-state index contributed by atoms with van der Waals surface area (Å²) in [6.45, 7) is 0.603. The fourth-order valence-corrected chi connectivity index (χ4v) is 6.73. The summed E-state index contributed by atoms with van der Waals surface area (Å²) in [6.07, 6.45) is 6.92. The molecule has 38 heavy (non-hydrogen) atoms. The van der Waals surface area contributed by atoms with E-state index >= 15 is 0 Å². The summed E-state index contributed by atoms with van der Waals surface area (Å²) < 4.78 is 28.8. The van der Waals surface area contributed by atoms with Crippen LogP contribution in [0.25, 0.3) is 16.4 Å². The molecule has 1 aromatic carbocycles. The lowest BCUT2D eigenvalue weighted by Crippen LogP contribution is -2.55. The highest BCUT2D eigenvalue weighted by molar-refractivity contribution is 5.93. The van der Waals surface area contributed by atoms with Gasteiger partial charge >= 0.3 is 0 Å². The van der Waals surface area contributed by atoms with Crippen LogP contribution in [0.15, 0.2) is 53.6 Å². The van der Waals surface area contributed by atoms with Crippen molar-refractivity contribution in [3.63, 3.8) is 0 Å². The van der Waals surface area contributed by atoms with E-state index in [-0.39, 0.29) is 35.8 Å². The number of carbonyl (C=O) groups is 1. The van der Waals surface area contributed by atoms with Gasteiger partial charge in [0.1, 0.15) is 11.3 Å². The quantitative estimate of drug-likeness (QED) is 0.421. The maximum absolute atomic E-state index is 13.5. The van der Waals surface area contributed by atoms with Crippen molar-refractivity contribution >= 4 is 28.0 Å². The highest BCUT2D eigenvalue weighted by Crippen LogP contribution is 2.62. The van der Waals surface area contributed by atoms with E-state index in [1.807, 2.05) is 41.3 Å². The summed E-state index contributed by atoms with van der Waals surface area (Å²) in [4.78, 5) is 31.5. The van der Waals surface area contributed by atoms with Gasteiger partial charge in [-0.25, -0.2) is 18.9 Å². The van der Waals surface area contributed by atoms with E-state index in [2.05, 4.69) is 20.5 Å². The third-order valence-corrected chi connectivity index (χ3v) is 8.75. The number of nitrogens with one attached hydrogen (secondary N) is 2. The van der Waals surface area contributed by atoms with Crippen molar-refractivity contribution in [2.24, 2.45) is 5.41 Å². The summed E-state index contributed by atoms with van der Waals surface area (Å²) in [7, 11) is 0. The van der Waals surface area contributed by atoms with Gasteiger partial charge in [-0.3, -0.25) is 14.0 Å². The molecule has 8 nitrogen and oxygen atoms in total. The minimum atomic E-state index is -2.59. The number of pyridine rings is 1. The largest absolute Gasteiger partial charge is 0.371 e. The molecule has 196 valence electrons. The van der Waals surface area contributed by atoms with E-state index < -0.39 is 5.92 Å². The molecule has 3 aliphatic rings. The molecule has 1 saturated heterocycles. The van der Waals surface area contributed by atoms with Gasteiger partial charge in [0.15, 0.2) is 0 Å². The number of rotatable bonds is 4. The minimum Gasteiger partial charge on any atom is -0.371 e. The Morgan fingerprint density at radius 2 is 1.79 bits per heavy atom. The fourth-order valence-electron chi connectivity index (χ4n) is 6.73. The van der Waals surface area contributed by atoms with E-state index in [9.17, 15) is 18.4 Å². The Hall–Kier alpha value is -3.82. The molecule has 7 rings (SSSR count). The molecule has 10 heteroatoms. The molecule has 0 radical (unpaired) electrons. The second-order valence-electron chi connectivity index (χ2n) is 11.3. The van der Waals surface area contributed by atoms with E-state index in [1.54, 1.807) is 16.8 Å². The summed E-state index contributed by atoms with van der Waals surface area (Å²) in [6, 6.07) is 11.4. The Kier molecular flexibility index (Phi) is 5.12. The number of nitrogens with zero attached hydrogens (tertiary/aromatic N) is 4. The number of H-pyrrole nitrogens is 1. The number of carbonyl (C=O) groups excluding carboxylic acids is 1. The smallest absolute Gasteiger partial charge is 0.272 e. The molecule has 3 aromatic heterocycles. The van der Waals surface area contributed by atoms with Crippen molar-refractivity contribution < 1.29 is 13.6 Å². The van der Waals surface area contributed by atoms with Gasteiger partial charge in [0.05, 0.1) is 17.3 Å². The van der Waals surface area contributed by atoms with E-state index in [0.29, 0.717) is 35.7 Å². The lowest BCUT2D eigenvalue weighted by molar-refractivity contribution is -0.0221. The molecular formula is C28H28F2N6O2. The van der Waals surface area contributed by atoms with Crippen LogP contribution in [0.4, 0.5) is 14.5 Å². The van der Waals surface area contributed by atoms with E-state index in [0.717, 1.165) is 42.5 Å². The standard InChI is InChI=1S/C28H28F2N6O2/c29-28(30)6-9-35(10-7-28)19-5-8-36-22(16-31-23(36)11-19)26(38)32-18-14-27(15-18)12-17(13-27)24-20-3-1-2-4-21(20)25(37)34-33-24/h1-5,8,11,16-18H,6-7,9-10,12-15H2,(H,32,38)(H,34,37). The number of aromatic nitrogens is 4. The summed E-state index contributed by atoms with van der Waals surface area (Å²) in [5.74, 6) is -2.44. The number of hydrogen-bond acceptors (Lipinski definition) is 5. The number of fused-ring (bicyclic) bond motifs is 2. The molecule has 0 bridgehead atoms. The zero-order valence-electron chi connectivity index (χ0n) is 20.8. The van der Waals surface area contributed by atoms with E-state index in [1.165, 1.54) is 0 Å². The molecule has 4 heterocycles. The van der Waals surface area contributed by atoms with Crippen molar-refractivity contribution in [3.05, 3.63) is 70.5 Å². The van der Waals surface area contributed by atoms with Crippen LogP contribution in [-0.4, -0.2) is 50.5 Å². The molecule has 0 atom stereocenters. The molecule has 1 amide bonds. The molecule has 3 fully saturated rings. The summed E-state index contributed by atoms with van der Waals surface area (Å²) in [5.41, 5.74) is 2.95. The van der Waals surface area contributed by atoms with Crippen LogP contribution < -0.4 is 15.8 Å². The molecule has 0 unspecified atom stereocenters. The van der Waals surface area contributed by atoms with Crippen molar-refractivity contribution in [2.75, 3.05) is 18.0 Å². The lowest BCUT2D eigenvalue weighted by Gasteiger charge is -2.57. The number of imidazole rings is 1. The van der Waals surface area contributed by atoms with Gasteiger partial charge in [0.25, 0.3) is 17.4 Å². The van der Waals surface area contributed by atoms with Gasteiger partial charge < -0.3 is 10.2 Å². The predicted octanol–water partition coefficient (Wildman–Crippen LogP) is 4.26. The first kappa shape index (κ1) is 23.3. The predicted molar refractivity (Wildman–Crippen MR) is 139 cm³/mol. The van der Waals surface area contributed by atoms with Crippen molar-refractivity contribution in [3.8, 4) is 0 Å². The van der Waals surface area contributed by atoms with Gasteiger partial charge in [0, 0.05) is 61.2 Å². The monoisotopic (exact) mass is 518 g/mol. The Bertz CT molecular complexity index is 1600. The van der Waals surface area contributed by atoms with Gasteiger partial charge in [-0.2, -0.15) is 5.10 Å². The van der Waals surface area contributed by atoms with Crippen molar-refractivity contribution in [1.82, 2.24) is 24.9 Å². The Balaban J connectivity index is 0.978. The first-order chi connectivity index (χ1) is 18.3. The van der Waals surface area contributed by atoms with Crippen LogP contribution in [0.1, 0.15) is 60.6 Å². The fraction of sp³-hybridized carbons (Fsp3) is 0.429. The highest BCUT2D eigenvalue weighted by Gasteiger charge is 2.54. The number of piperidine rings is 1. The third kappa shape index (κ3) is 3.85. The minimum absolute atomic E-state index is 0.114. The second-order valence-corrected chi connectivity index (χ2v) is 11.3. The number of alkyl halides is 2. The zero-order valence-corrected chi connectivity index (χ0v) is 20.8. The molecule has 2 aliphatic carbocycles. The van der Waals surface area contributed by atoms with Gasteiger partial charge in [-0.05, 0) is 43.2 Å². The lowest BCUT2D eigenvalue weighted by atomic mass is 9.49. The Morgan fingerprint density at radius 1 is 1.05 bits per heavy atom. The second kappa shape index (κ2) is 8.34. The maximum Gasteiger partial charge on any atom is 0.272 e. The third-order valence-electron chi connectivity index (χ3n) is 8.75. The van der Waals surface area contributed by atoms with Gasteiger partial charge in [0.2, 0.25) is 0 Å². The van der Waals surface area contributed by atoms with Crippen LogP contribution in [0, 0.1) is 5.41 Å². The number of amides is 1. The van der Waals surface area contributed by atoms with Gasteiger partial charge in [-0.1, -0.05) is 18.2 Å². The molecule has 4 aromatic rings. The average Bonchev–Trinajstić information content (AvgIpc) is 3.29. The van der Waals surface area contributed by atoms with Gasteiger partial charge in [-0.15, -0.1) is 0 Å².